The topological polar surface area (TPSA) is 88.0 Å². The summed E-state index contributed by atoms with van der Waals surface area (Å²) in [6, 6.07) is 13.9. The van der Waals surface area contributed by atoms with Gasteiger partial charge in [-0.05, 0) is 30.2 Å². The van der Waals surface area contributed by atoms with Crippen LogP contribution in [-0.2, 0) is 11.2 Å². The van der Waals surface area contributed by atoms with E-state index in [-0.39, 0.29) is 12.2 Å². The van der Waals surface area contributed by atoms with E-state index in [1.165, 1.54) is 12.3 Å². The first-order chi connectivity index (χ1) is 11.6. The quantitative estimate of drug-likeness (QED) is 0.604. The lowest BCUT2D eigenvalue weighted by atomic mass is 10.1. The van der Waals surface area contributed by atoms with Gasteiger partial charge < -0.3 is 9.84 Å². The van der Waals surface area contributed by atoms with Crippen LogP contribution in [0.3, 0.4) is 0 Å². The molecular formula is C18H18N2O4. The summed E-state index contributed by atoms with van der Waals surface area (Å²) in [5.74, 6) is -0.867. The highest BCUT2D eigenvalue weighted by molar-refractivity contribution is 5.98. The zero-order chi connectivity index (χ0) is 17.4. The second-order valence-electron chi connectivity index (χ2n) is 4.98. The predicted octanol–water partition coefficient (Wildman–Crippen LogP) is 2.48. The number of hydrogen-bond donors (Lipinski definition) is 2. The number of aromatic carboxylic acids is 1. The summed E-state index contributed by atoms with van der Waals surface area (Å²) in [5.41, 5.74) is 3.95. The predicted molar refractivity (Wildman–Crippen MR) is 90.5 cm³/mol. The molecule has 0 bridgehead atoms. The van der Waals surface area contributed by atoms with Crippen LogP contribution in [0, 0.1) is 0 Å². The van der Waals surface area contributed by atoms with E-state index in [1.807, 2.05) is 25.1 Å². The molecule has 0 saturated carbocycles. The molecule has 6 nitrogen and oxygen atoms in total. The molecule has 2 aromatic carbocycles. The van der Waals surface area contributed by atoms with Gasteiger partial charge in [-0.3, -0.25) is 4.79 Å². The molecule has 0 aliphatic rings. The molecule has 2 rings (SSSR count). The SMILES string of the molecule is CCc1cccc(OCC(=O)N/N=C/c2ccccc2C(=O)O)c1. The Balaban J connectivity index is 1.88. The lowest BCUT2D eigenvalue weighted by molar-refractivity contribution is -0.123. The number of ether oxygens (including phenoxy) is 1. The summed E-state index contributed by atoms with van der Waals surface area (Å²) < 4.78 is 5.39. The zero-order valence-electron chi connectivity index (χ0n) is 13.2. The summed E-state index contributed by atoms with van der Waals surface area (Å²) in [7, 11) is 0. The van der Waals surface area contributed by atoms with Crippen molar-refractivity contribution in [3.63, 3.8) is 0 Å². The normalized spacial score (nSPS) is 10.5. The van der Waals surface area contributed by atoms with Crippen LogP contribution in [0.2, 0.25) is 0 Å². The van der Waals surface area contributed by atoms with E-state index in [0.29, 0.717) is 11.3 Å². The smallest absolute Gasteiger partial charge is 0.336 e. The molecule has 0 saturated heterocycles. The molecule has 2 N–H and O–H groups in total. The van der Waals surface area contributed by atoms with Crippen molar-refractivity contribution in [2.75, 3.05) is 6.61 Å². The van der Waals surface area contributed by atoms with E-state index < -0.39 is 11.9 Å². The molecule has 0 heterocycles. The van der Waals surface area contributed by atoms with Crippen molar-refractivity contribution in [3.8, 4) is 5.75 Å². The number of hydrogen-bond acceptors (Lipinski definition) is 4. The fraction of sp³-hybridized carbons (Fsp3) is 0.167. The minimum Gasteiger partial charge on any atom is -0.484 e. The number of aryl methyl sites for hydroxylation is 1. The van der Waals surface area contributed by atoms with E-state index in [9.17, 15) is 9.59 Å². The summed E-state index contributed by atoms with van der Waals surface area (Å²) in [6.07, 6.45) is 2.18. The number of hydrazone groups is 1. The minimum atomic E-state index is -1.05. The minimum absolute atomic E-state index is 0.114. The number of carboxylic acids is 1. The molecule has 6 heteroatoms. The van der Waals surface area contributed by atoms with Gasteiger partial charge in [-0.15, -0.1) is 0 Å². The van der Waals surface area contributed by atoms with Crippen LogP contribution in [-0.4, -0.2) is 29.8 Å². The Morgan fingerprint density at radius 3 is 2.75 bits per heavy atom. The molecule has 0 radical (unpaired) electrons. The number of amides is 1. The molecule has 124 valence electrons. The highest BCUT2D eigenvalue weighted by atomic mass is 16.5. The molecule has 0 fully saturated rings. The summed E-state index contributed by atoms with van der Waals surface area (Å²) in [4.78, 5) is 22.8. The number of carbonyl (C=O) groups is 2. The van der Waals surface area contributed by atoms with Crippen LogP contribution in [0.1, 0.15) is 28.4 Å². The van der Waals surface area contributed by atoms with Gasteiger partial charge in [-0.2, -0.15) is 5.10 Å². The Morgan fingerprint density at radius 2 is 2.00 bits per heavy atom. The number of carbonyl (C=O) groups excluding carboxylic acids is 1. The van der Waals surface area contributed by atoms with Gasteiger partial charge in [0.15, 0.2) is 6.61 Å². The maximum atomic E-state index is 11.7. The van der Waals surface area contributed by atoms with Crippen molar-refractivity contribution in [3.05, 3.63) is 65.2 Å². The van der Waals surface area contributed by atoms with Gasteiger partial charge in [-0.1, -0.05) is 37.3 Å². The second-order valence-corrected chi connectivity index (χ2v) is 4.98. The third-order valence-corrected chi connectivity index (χ3v) is 3.26. The zero-order valence-corrected chi connectivity index (χ0v) is 13.2. The van der Waals surface area contributed by atoms with E-state index in [2.05, 4.69) is 10.5 Å². The summed E-state index contributed by atoms with van der Waals surface area (Å²) in [6.45, 7) is 1.86. The highest BCUT2D eigenvalue weighted by Gasteiger charge is 2.07. The molecule has 1 amide bonds. The lowest BCUT2D eigenvalue weighted by Gasteiger charge is -2.06. The van der Waals surface area contributed by atoms with E-state index in [1.54, 1.807) is 24.3 Å². The Labute approximate surface area is 139 Å². The van der Waals surface area contributed by atoms with Crippen LogP contribution < -0.4 is 10.2 Å². The van der Waals surface area contributed by atoms with Gasteiger partial charge in [0, 0.05) is 5.56 Å². The summed E-state index contributed by atoms with van der Waals surface area (Å²) in [5, 5.41) is 12.8. The molecule has 0 spiro atoms. The number of nitrogens with one attached hydrogen (secondary N) is 1. The lowest BCUT2D eigenvalue weighted by Crippen LogP contribution is -2.24. The maximum absolute atomic E-state index is 11.7. The fourth-order valence-electron chi connectivity index (χ4n) is 2.01. The van der Waals surface area contributed by atoms with Crippen LogP contribution in [0.25, 0.3) is 0 Å². The van der Waals surface area contributed by atoms with Crippen LogP contribution in [0.15, 0.2) is 53.6 Å². The van der Waals surface area contributed by atoms with Crippen molar-refractivity contribution >= 4 is 18.1 Å². The van der Waals surface area contributed by atoms with Gasteiger partial charge in [-0.25, -0.2) is 10.2 Å². The van der Waals surface area contributed by atoms with Gasteiger partial charge in [0.05, 0.1) is 11.8 Å². The molecule has 0 aromatic heterocycles. The van der Waals surface area contributed by atoms with Gasteiger partial charge in [0.2, 0.25) is 0 Å². The van der Waals surface area contributed by atoms with Gasteiger partial charge in [0.1, 0.15) is 5.75 Å². The Hall–Kier alpha value is -3.15. The number of nitrogens with zero attached hydrogens (tertiary/aromatic N) is 1. The number of benzene rings is 2. The first-order valence-electron chi connectivity index (χ1n) is 7.46. The molecule has 0 unspecified atom stereocenters. The average molecular weight is 326 g/mol. The van der Waals surface area contributed by atoms with Gasteiger partial charge in [0.25, 0.3) is 5.91 Å². The third-order valence-electron chi connectivity index (χ3n) is 3.26. The second kappa shape index (κ2) is 8.47. The molecule has 0 atom stereocenters. The molecule has 0 aliphatic carbocycles. The van der Waals surface area contributed by atoms with Crippen LogP contribution in [0.5, 0.6) is 5.75 Å². The number of rotatable bonds is 7. The summed E-state index contributed by atoms with van der Waals surface area (Å²) >= 11 is 0. The monoisotopic (exact) mass is 326 g/mol. The molecule has 24 heavy (non-hydrogen) atoms. The Morgan fingerprint density at radius 1 is 1.21 bits per heavy atom. The Bertz CT molecular complexity index is 756. The molecular weight excluding hydrogens is 308 g/mol. The van der Waals surface area contributed by atoms with Crippen molar-refractivity contribution < 1.29 is 19.4 Å². The van der Waals surface area contributed by atoms with Crippen molar-refractivity contribution in [2.24, 2.45) is 5.10 Å². The third kappa shape index (κ3) is 4.95. The average Bonchev–Trinajstić information content (AvgIpc) is 2.60. The van der Waals surface area contributed by atoms with E-state index in [4.69, 9.17) is 9.84 Å². The van der Waals surface area contributed by atoms with E-state index >= 15 is 0 Å². The maximum Gasteiger partial charge on any atom is 0.336 e. The van der Waals surface area contributed by atoms with Crippen LogP contribution >= 0.6 is 0 Å². The first-order valence-corrected chi connectivity index (χ1v) is 7.46. The van der Waals surface area contributed by atoms with E-state index in [0.717, 1.165) is 12.0 Å². The molecule has 0 aliphatic heterocycles. The largest absolute Gasteiger partial charge is 0.484 e. The van der Waals surface area contributed by atoms with Crippen molar-refractivity contribution in [2.45, 2.75) is 13.3 Å². The fourth-order valence-corrected chi connectivity index (χ4v) is 2.01. The van der Waals surface area contributed by atoms with Crippen LogP contribution in [0.4, 0.5) is 0 Å². The van der Waals surface area contributed by atoms with Crippen molar-refractivity contribution in [1.29, 1.82) is 0 Å². The molecule has 2 aromatic rings. The first kappa shape index (κ1) is 17.2. The van der Waals surface area contributed by atoms with Gasteiger partial charge >= 0.3 is 5.97 Å². The Kier molecular flexibility index (Phi) is 6.08. The van der Waals surface area contributed by atoms with Crippen molar-refractivity contribution in [1.82, 2.24) is 5.43 Å². The number of carboxylic acid groups (broad SMARTS) is 1. The standard InChI is InChI=1S/C18H18N2O4/c1-2-13-6-5-8-15(10-13)24-12-17(21)20-19-11-14-7-3-4-9-16(14)18(22)23/h3-11H,2,12H2,1H3,(H,20,21)(H,22,23)/b19-11+. The highest BCUT2D eigenvalue weighted by Crippen LogP contribution is 2.13.